The molecule has 1 heterocycles. The van der Waals surface area contributed by atoms with E-state index in [1.54, 1.807) is 11.8 Å². The molecule has 2 fully saturated rings. The lowest BCUT2D eigenvalue weighted by Crippen LogP contribution is -2.50. The maximum atomic E-state index is 12.0. The van der Waals surface area contributed by atoms with Crippen LogP contribution in [0.3, 0.4) is 0 Å². The van der Waals surface area contributed by atoms with Crippen molar-refractivity contribution >= 4 is 29.3 Å². The fourth-order valence-corrected chi connectivity index (χ4v) is 3.97. The van der Waals surface area contributed by atoms with Gasteiger partial charge in [-0.1, -0.05) is 12.8 Å². The van der Waals surface area contributed by atoms with E-state index in [2.05, 4.69) is 5.32 Å². The Bertz CT molecular complexity index is 235. The first-order valence-electron chi connectivity index (χ1n) is 5.75. The minimum absolute atomic E-state index is 0.0816. The lowest BCUT2D eigenvalue weighted by atomic mass is 10.00. The van der Waals surface area contributed by atoms with E-state index in [-0.39, 0.29) is 16.7 Å². The summed E-state index contributed by atoms with van der Waals surface area (Å²) in [5, 5.41) is 3.38. The molecule has 1 aliphatic heterocycles. The summed E-state index contributed by atoms with van der Waals surface area (Å²) < 4.78 is 0. The third kappa shape index (κ3) is 2.62. The molecule has 0 aromatic heterocycles. The zero-order chi connectivity index (χ0) is 10.7. The van der Waals surface area contributed by atoms with Gasteiger partial charge in [0.2, 0.25) is 5.91 Å². The van der Waals surface area contributed by atoms with E-state index in [4.69, 9.17) is 11.6 Å². The Morgan fingerprint density at radius 3 is 2.67 bits per heavy atom. The van der Waals surface area contributed by atoms with Crippen molar-refractivity contribution in [3.63, 3.8) is 0 Å². The Kier molecular flexibility index (Phi) is 3.83. The predicted octanol–water partition coefficient (Wildman–Crippen LogP) is 2.55. The van der Waals surface area contributed by atoms with Gasteiger partial charge in [0.1, 0.15) is 0 Å². The number of rotatable bonds is 3. The molecular weight excluding hydrogens is 230 g/mol. The monoisotopic (exact) mass is 247 g/mol. The first kappa shape index (κ1) is 11.6. The van der Waals surface area contributed by atoms with E-state index in [0.29, 0.717) is 5.88 Å². The largest absolute Gasteiger partial charge is 0.349 e. The fourth-order valence-electron chi connectivity index (χ4n) is 2.47. The summed E-state index contributed by atoms with van der Waals surface area (Å²) in [5.41, 5.74) is -0.0816. The van der Waals surface area contributed by atoms with Gasteiger partial charge in [-0.25, -0.2) is 0 Å². The van der Waals surface area contributed by atoms with Crippen LogP contribution >= 0.6 is 23.4 Å². The van der Waals surface area contributed by atoms with Crippen molar-refractivity contribution in [2.45, 2.75) is 49.3 Å². The topological polar surface area (TPSA) is 29.1 Å². The van der Waals surface area contributed by atoms with Crippen molar-refractivity contribution in [2.75, 3.05) is 11.6 Å². The number of amides is 1. The molecule has 1 unspecified atom stereocenters. The van der Waals surface area contributed by atoms with Crippen LogP contribution in [0.25, 0.3) is 0 Å². The molecule has 1 saturated carbocycles. The highest BCUT2D eigenvalue weighted by Crippen LogP contribution is 2.32. The van der Waals surface area contributed by atoms with Gasteiger partial charge in [0.05, 0.1) is 10.8 Å². The van der Waals surface area contributed by atoms with E-state index in [9.17, 15) is 4.79 Å². The summed E-state index contributed by atoms with van der Waals surface area (Å²) in [6, 6.07) is 0. The zero-order valence-corrected chi connectivity index (χ0v) is 10.5. The molecule has 0 aromatic rings. The standard InChI is InChI=1S/C11H18ClNOS/c12-8-11(5-1-2-6-11)13-10(14)9-4-3-7-15-9/h9H,1-8H2,(H,13,14). The minimum atomic E-state index is -0.0816. The number of alkyl halides is 1. The lowest BCUT2D eigenvalue weighted by molar-refractivity contribution is -0.122. The van der Waals surface area contributed by atoms with Crippen LogP contribution in [0.1, 0.15) is 38.5 Å². The molecule has 0 radical (unpaired) electrons. The molecule has 1 amide bonds. The summed E-state index contributed by atoms with van der Waals surface area (Å²) in [4.78, 5) is 12.0. The summed E-state index contributed by atoms with van der Waals surface area (Å²) in [6.45, 7) is 0. The molecule has 2 aliphatic rings. The highest BCUT2D eigenvalue weighted by atomic mass is 35.5. The van der Waals surface area contributed by atoms with Gasteiger partial charge < -0.3 is 5.32 Å². The predicted molar refractivity (Wildman–Crippen MR) is 65.5 cm³/mol. The molecule has 15 heavy (non-hydrogen) atoms. The van der Waals surface area contributed by atoms with Crippen molar-refractivity contribution in [3.8, 4) is 0 Å². The lowest BCUT2D eigenvalue weighted by Gasteiger charge is -2.29. The van der Waals surface area contributed by atoms with Gasteiger partial charge in [0.25, 0.3) is 0 Å². The number of hydrogen-bond acceptors (Lipinski definition) is 2. The Hall–Kier alpha value is 0.110. The summed E-state index contributed by atoms with van der Waals surface area (Å²) in [6.07, 6.45) is 6.72. The van der Waals surface area contributed by atoms with Crippen LogP contribution in [0.4, 0.5) is 0 Å². The van der Waals surface area contributed by atoms with Gasteiger partial charge >= 0.3 is 0 Å². The smallest absolute Gasteiger partial charge is 0.233 e. The SMILES string of the molecule is O=C(NC1(CCl)CCCC1)C1CCCS1. The second-order valence-corrected chi connectivity index (χ2v) is 6.19. The van der Waals surface area contributed by atoms with Crippen LogP contribution in [-0.4, -0.2) is 28.3 Å². The van der Waals surface area contributed by atoms with Crippen LogP contribution in [0.2, 0.25) is 0 Å². The molecule has 4 heteroatoms. The van der Waals surface area contributed by atoms with Crippen LogP contribution in [0.15, 0.2) is 0 Å². The molecule has 0 spiro atoms. The Balaban J connectivity index is 1.91. The van der Waals surface area contributed by atoms with Gasteiger partial charge in [-0.15, -0.1) is 23.4 Å². The number of hydrogen-bond donors (Lipinski definition) is 1. The second-order valence-electron chi connectivity index (χ2n) is 4.61. The number of carbonyl (C=O) groups is 1. The van der Waals surface area contributed by atoms with Gasteiger partial charge in [-0.2, -0.15) is 0 Å². The van der Waals surface area contributed by atoms with Crippen LogP contribution < -0.4 is 5.32 Å². The Labute approximate surface area is 101 Å². The average Bonchev–Trinajstić information content (AvgIpc) is 2.88. The van der Waals surface area contributed by atoms with Crippen molar-refractivity contribution in [3.05, 3.63) is 0 Å². The third-order valence-corrected chi connectivity index (χ3v) is 5.32. The van der Waals surface area contributed by atoms with Crippen LogP contribution in [0.5, 0.6) is 0 Å². The molecule has 2 rings (SSSR count). The van der Waals surface area contributed by atoms with Gasteiger partial charge in [-0.3, -0.25) is 4.79 Å². The van der Waals surface area contributed by atoms with Gasteiger partial charge in [0, 0.05) is 5.88 Å². The highest BCUT2D eigenvalue weighted by Gasteiger charge is 2.36. The molecule has 0 aromatic carbocycles. The Morgan fingerprint density at radius 1 is 1.40 bits per heavy atom. The molecule has 1 N–H and O–H groups in total. The van der Waals surface area contributed by atoms with E-state index in [1.807, 2.05) is 0 Å². The average molecular weight is 248 g/mol. The Morgan fingerprint density at radius 2 is 2.13 bits per heavy atom. The summed E-state index contributed by atoms with van der Waals surface area (Å²) >= 11 is 7.78. The maximum absolute atomic E-state index is 12.0. The fraction of sp³-hybridized carbons (Fsp3) is 0.909. The zero-order valence-electron chi connectivity index (χ0n) is 8.93. The van der Waals surface area contributed by atoms with E-state index in [0.717, 1.165) is 25.0 Å². The first-order chi connectivity index (χ1) is 7.26. The number of nitrogens with one attached hydrogen (secondary N) is 1. The molecular formula is C11H18ClNOS. The van der Waals surface area contributed by atoms with Gasteiger partial charge in [-0.05, 0) is 31.4 Å². The number of thioether (sulfide) groups is 1. The van der Waals surface area contributed by atoms with Crippen molar-refractivity contribution in [2.24, 2.45) is 0 Å². The summed E-state index contributed by atoms with van der Waals surface area (Å²) in [7, 11) is 0. The molecule has 1 aliphatic carbocycles. The van der Waals surface area contributed by atoms with E-state index < -0.39 is 0 Å². The maximum Gasteiger partial charge on any atom is 0.233 e. The number of halogens is 1. The molecule has 1 atom stereocenters. The van der Waals surface area contributed by atoms with Crippen molar-refractivity contribution in [1.82, 2.24) is 5.32 Å². The third-order valence-electron chi connectivity index (χ3n) is 3.43. The minimum Gasteiger partial charge on any atom is -0.349 e. The van der Waals surface area contributed by atoms with Crippen molar-refractivity contribution in [1.29, 1.82) is 0 Å². The highest BCUT2D eigenvalue weighted by molar-refractivity contribution is 8.00. The quantitative estimate of drug-likeness (QED) is 0.777. The first-order valence-corrected chi connectivity index (χ1v) is 7.34. The molecule has 86 valence electrons. The molecule has 1 saturated heterocycles. The van der Waals surface area contributed by atoms with Crippen LogP contribution in [-0.2, 0) is 4.79 Å². The molecule has 2 nitrogen and oxygen atoms in total. The van der Waals surface area contributed by atoms with Crippen LogP contribution in [0, 0.1) is 0 Å². The van der Waals surface area contributed by atoms with Gasteiger partial charge in [0.15, 0.2) is 0 Å². The molecule has 0 bridgehead atoms. The number of carbonyl (C=O) groups excluding carboxylic acids is 1. The summed E-state index contributed by atoms with van der Waals surface area (Å²) in [5.74, 6) is 1.92. The second kappa shape index (κ2) is 4.96. The van der Waals surface area contributed by atoms with E-state index in [1.165, 1.54) is 19.3 Å². The van der Waals surface area contributed by atoms with Crippen molar-refractivity contribution < 1.29 is 4.79 Å². The van der Waals surface area contributed by atoms with E-state index >= 15 is 0 Å². The normalized spacial score (nSPS) is 29.3.